The van der Waals surface area contributed by atoms with Crippen molar-refractivity contribution >= 4 is 34.5 Å². The second-order valence-electron chi connectivity index (χ2n) is 4.70. The zero-order chi connectivity index (χ0) is 12.3. The number of thiophene rings is 1. The summed E-state index contributed by atoms with van der Waals surface area (Å²) in [7, 11) is 0. The van der Waals surface area contributed by atoms with Gasteiger partial charge in [0.05, 0.1) is 8.67 Å². The third-order valence-corrected chi connectivity index (χ3v) is 4.03. The van der Waals surface area contributed by atoms with E-state index in [1.54, 1.807) is 0 Å². The summed E-state index contributed by atoms with van der Waals surface area (Å²) in [6, 6.07) is 2.70. The summed E-state index contributed by atoms with van der Waals surface area (Å²) >= 11 is 13.5. The first-order chi connectivity index (χ1) is 7.40. The lowest BCUT2D eigenvalue weighted by molar-refractivity contribution is 0.407. The predicted molar refractivity (Wildman–Crippen MR) is 74.8 cm³/mol. The Bertz CT molecular complexity index is 336. The maximum absolute atomic E-state index is 6.12. The summed E-state index contributed by atoms with van der Waals surface area (Å²) in [6.07, 6.45) is 1.17. The predicted octanol–water partition coefficient (Wildman–Crippen LogP) is 5.14. The Hall–Kier alpha value is 0.240. The van der Waals surface area contributed by atoms with Gasteiger partial charge in [-0.25, -0.2) is 0 Å². The van der Waals surface area contributed by atoms with Gasteiger partial charge >= 0.3 is 0 Å². The minimum atomic E-state index is 0.255. The summed E-state index contributed by atoms with van der Waals surface area (Å²) in [5, 5.41) is 3.55. The molecule has 0 spiro atoms. The molecule has 92 valence electrons. The highest BCUT2D eigenvalue weighted by Crippen LogP contribution is 2.35. The van der Waals surface area contributed by atoms with Crippen LogP contribution in [0.2, 0.25) is 8.67 Å². The van der Waals surface area contributed by atoms with Crippen LogP contribution in [-0.4, -0.2) is 6.04 Å². The van der Waals surface area contributed by atoms with Crippen molar-refractivity contribution in [2.75, 3.05) is 0 Å². The molecular formula is C12H19Cl2NS. The van der Waals surface area contributed by atoms with Gasteiger partial charge in [-0.05, 0) is 37.8 Å². The van der Waals surface area contributed by atoms with E-state index >= 15 is 0 Å². The average molecular weight is 280 g/mol. The zero-order valence-electron chi connectivity index (χ0n) is 10.2. The van der Waals surface area contributed by atoms with Gasteiger partial charge in [-0.1, -0.05) is 37.0 Å². The van der Waals surface area contributed by atoms with Gasteiger partial charge in [0.1, 0.15) is 0 Å². The van der Waals surface area contributed by atoms with Crippen molar-refractivity contribution in [1.29, 1.82) is 0 Å². The second kappa shape index (κ2) is 6.25. The van der Waals surface area contributed by atoms with Gasteiger partial charge in [-0.2, -0.15) is 0 Å². The Morgan fingerprint density at radius 3 is 2.31 bits per heavy atom. The van der Waals surface area contributed by atoms with Crippen molar-refractivity contribution < 1.29 is 0 Å². The maximum Gasteiger partial charge on any atom is 0.0991 e. The molecule has 1 aromatic heterocycles. The minimum absolute atomic E-state index is 0.255. The molecule has 1 aromatic rings. The quantitative estimate of drug-likeness (QED) is 0.787. The molecule has 0 aliphatic carbocycles. The van der Waals surface area contributed by atoms with Gasteiger partial charge in [-0.15, -0.1) is 11.3 Å². The topological polar surface area (TPSA) is 12.0 Å². The van der Waals surface area contributed by atoms with Crippen LogP contribution in [0.1, 0.15) is 45.7 Å². The Balaban J connectivity index is 2.58. The summed E-state index contributed by atoms with van der Waals surface area (Å²) in [5.74, 6) is 0.705. The lowest BCUT2D eigenvalue weighted by Gasteiger charge is -2.21. The van der Waals surface area contributed by atoms with Crippen LogP contribution in [0.15, 0.2) is 6.07 Å². The summed E-state index contributed by atoms with van der Waals surface area (Å²) in [5.41, 5.74) is 1.10. The molecule has 1 N–H and O–H groups in total. The van der Waals surface area contributed by atoms with Crippen LogP contribution in [0.3, 0.4) is 0 Å². The molecule has 0 saturated heterocycles. The minimum Gasteiger partial charge on any atom is -0.308 e. The van der Waals surface area contributed by atoms with Crippen molar-refractivity contribution in [3.05, 3.63) is 20.3 Å². The first-order valence-corrected chi connectivity index (χ1v) is 7.18. The van der Waals surface area contributed by atoms with Gasteiger partial charge in [0, 0.05) is 12.1 Å². The zero-order valence-corrected chi connectivity index (χ0v) is 12.5. The van der Waals surface area contributed by atoms with Gasteiger partial charge in [0.2, 0.25) is 0 Å². The van der Waals surface area contributed by atoms with E-state index in [4.69, 9.17) is 23.2 Å². The summed E-state index contributed by atoms with van der Waals surface area (Å²) < 4.78 is 1.55. The van der Waals surface area contributed by atoms with Crippen LogP contribution in [0.25, 0.3) is 0 Å². The van der Waals surface area contributed by atoms with Crippen LogP contribution < -0.4 is 5.32 Å². The number of rotatable bonds is 5. The number of hydrogen-bond acceptors (Lipinski definition) is 2. The lowest BCUT2D eigenvalue weighted by Crippen LogP contribution is -2.29. The fraction of sp³-hybridized carbons (Fsp3) is 0.667. The van der Waals surface area contributed by atoms with E-state index in [0.29, 0.717) is 12.0 Å². The molecular weight excluding hydrogens is 261 g/mol. The van der Waals surface area contributed by atoms with Gasteiger partial charge < -0.3 is 5.32 Å². The standard InChI is InChI=1S/C12H19Cl2NS/c1-7(2)5-8(3)15-9(4)10-6-11(13)16-12(10)14/h6-9,15H,5H2,1-4H3. The van der Waals surface area contributed by atoms with E-state index in [-0.39, 0.29) is 6.04 Å². The molecule has 0 aliphatic rings. The Morgan fingerprint density at radius 1 is 1.25 bits per heavy atom. The van der Waals surface area contributed by atoms with Crippen LogP contribution in [0.4, 0.5) is 0 Å². The Labute approximate surface area is 112 Å². The molecule has 0 aromatic carbocycles. The molecule has 0 bridgehead atoms. The fourth-order valence-corrected chi connectivity index (χ4v) is 3.59. The van der Waals surface area contributed by atoms with Crippen LogP contribution in [0, 0.1) is 5.92 Å². The van der Waals surface area contributed by atoms with Gasteiger partial charge in [-0.3, -0.25) is 0 Å². The SMILES string of the molecule is CC(C)CC(C)NC(C)c1cc(Cl)sc1Cl. The van der Waals surface area contributed by atoms with E-state index in [1.807, 2.05) is 6.07 Å². The van der Waals surface area contributed by atoms with Crippen molar-refractivity contribution in [2.24, 2.45) is 5.92 Å². The van der Waals surface area contributed by atoms with Crippen molar-refractivity contribution in [2.45, 2.75) is 46.2 Å². The number of hydrogen-bond donors (Lipinski definition) is 1. The summed E-state index contributed by atoms with van der Waals surface area (Å²) in [4.78, 5) is 0. The molecule has 1 heterocycles. The molecule has 2 unspecified atom stereocenters. The normalized spacial score (nSPS) is 15.4. The number of halogens is 2. The van der Waals surface area contributed by atoms with Crippen molar-refractivity contribution in [3.8, 4) is 0 Å². The Kier molecular flexibility index (Phi) is 5.58. The van der Waals surface area contributed by atoms with Crippen molar-refractivity contribution in [1.82, 2.24) is 5.32 Å². The van der Waals surface area contributed by atoms with E-state index in [9.17, 15) is 0 Å². The maximum atomic E-state index is 6.12. The fourth-order valence-electron chi connectivity index (χ4n) is 1.94. The third-order valence-electron chi connectivity index (χ3n) is 2.51. The highest BCUT2D eigenvalue weighted by Gasteiger charge is 2.15. The smallest absolute Gasteiger partial charge is 0.0991 e. The summed E-state index contributed by atoms with van der Waals surface area (Å²) in [6.45, 7) is 8.80. The molecule has 0 aliphatic heterocycles. The average Bonchev–Trinajstić information content (AvgIpc) is 2.43. The van der Waals surface area contributed by atoms with Crippen LogP contribution in [-0.2, 0) is 0 Å². The molecule has 0 fully saturated rings. The molecule has 0 amide bonds. The van der Waals surface area contributed by atoms with Gasteiger partial charge in [0.25, 0.3) is 0 Å². The molecule has 0 saturated carbocycles. The molecule has 1 nitrogen and oxygen atoms in total. The van der Waals surface area contributed by atoms with Crippen molar-refractivity contribution in [3.63, 3.8) is 0 Å². The van der Waals surface area contributed by atoms with E-state index in [2.05, 4.69) is 33.0 Å². The highest BCUT2D eigenvalue weighted by atomic mass is 35.5. The lowest BCUT2D eigenvalue weighted by atomic mass is 10.0. The van der Waals surface area contributed by atoms with Crippen LogP contribution >= 0.6 is 34.5 Å². The molecule has 4 heteroatoms. The highest BCUT2D eigenvalue weighted by molar-refractivity contribution is 7.20. The third kappa shape index (κ3) is 4.25. The number of nitrogens with one attached hydrogen (secondary N) is 1. The molecule has 16 heavy (non-hydrogen) atoms. The Morgan fingerprint density at radius 2 is 1.88 bits per heavy atom. The van der Waals surface area contributed by atoms with Gasteiger partial charge in [0.15, 0.2) is 0 Å². The van der Waals surface area contributed by atoms with E-state index in [1.165, 1.54) is 17.8 Å². The molecule has 1 rings (SSSR count). The monoisotopic (exact) mass is 279 g/mol. The van der Waals surface area contributed by atoms with Crippen LogP contribution in [0.5, 0.6) is 0 Å². The first-order valence-electron chi connectivity index (χ1n) is 5.61. The second-order valence-corrected chi connectivity index (χ2v) is 6.98. The largest absolute Gasteiger partial charge is 0.308 e. The first kappa shape index (κ1) is 14.3. The molecule has 2 atom stereocenters. The van der Waals surface area contributed by atoms with E-state index in [0.717, 1.165) is 14.2 Å². The van der Waals surface area contributed by atoms with E-state index < -0.39 is 0 Å². The molecule has 0 radical (unpaired) electrons.